The summed E-state index contributed by atoms with van der Waals surface area (Å²) in [6, 6.07) is 7.21. The van der Waals surface area contributed by atoms with E-state index in [1.54, 1.807) is 29.2 Å². The largest absolute Gasteiger partial charge is 0.482 e. The SMILES string of the molecule is CC(C)N(C(=O)/C=C/c1cccc(OCC(=O)O)c1)C(C)C. The molecule has 0 heterocycles. The van der Waals surface area contributed by atoms with Gasteiger partial charge in [0.15, 0.2) is 6.61 Å². The zero-order valence-electron chi connectivity index (χ0n) is 13.4. The second kappa shape index (κ2) is 8.22. The monoisotopic (exact) mass is 305 g/mol. The van der Waals surface area contributed by atoms with Crippen LogP contribution in [0.1, 0.15) is 33.3 Å². The molecule has 1 rings (SSSR count). The third-order valence-corrected chi connectivity index (χ3v) is 3.01. The molecular weight excluding hydrogens is 282 g/mol. The van der Waals surface area contributed by atoms with Gasteiger partial charge in [-0.3, -0.25) is 4.79 Å². The Balaban J connectivity index is 2.79. The van der Waals surface area contributed by atoms with Crippen LogP contribution in [0.2, 0.25) is 0 Å². The van der Waals surface area contributed by atoms with Gasteiger partial charge in [0.25, 0.3) is 0 Å². The highest BCUT2D eigenvalue weighted by Gasteiger charge is 2.17. The van der Waals surface area contributed by atoms with Gasteiger partial charge in [0, 0.05) is 18.2 Å². The molecule has 0 radical (unpaired) electrons. The van der Waals surface area contributed by atoms with Gasteiger partial charge in [0.05, 0.1) is 0 Å². The van der Waals surface area contributed by atoms with Gasteiger partial charge in [-0.1, -0.05) is 12.1 Å². The Labute approximate surface area is 131 Å². The lowest BCUT2D eigenvalue weighted by molar-refractivity contribution is -0.139. The summed E-state index contributed by atoms with van der Waals surface area (Å²) >= 11 is 0. The van der Waals surface area contributed by atoms with Crippen LogP contribution in [0, 0.1) is 0 Å². The molecule has 22 heavy (non-hydrogen) atoms. The van der Waals surface area contributed by atoms with Gasteiger partial charge in [-0.05, 0) is 51.5 Å². The first-order valence-electron chi connectivity index (χ1n) is 7.26. The summed E-state index contributed by atoms with van der Waals surface area (Å²) in [4.78, 5) is 24.5. The third-order valence-electron chi connectivity index (χ3n) is 3.01. The number of carbonyl (C=O) groups is 2. The summed E-state index contributed by atoms with van der Waals surface area (Å²) in [5.41, 5.74) is 0.781. The second-order valence-electron chi connectivity index (χ2n) is 5.52. The van der Waals surface area contributed by atoms with Crippen LogP contribution in [-0.2, 0) is 9.59 Å². The first kappa shape index (κ1) is 17.8. The lowest BCUT2D eigenvalue weighted by Crippen LogP contribution is -2.41. The molecule has 0 atom stereocenters. The molecule has 0 aliphatic heterocycles. The minimum atomic E-state index is -1.03. The maximum atomic E-state index is 12.2. The molecule has 5 heteroatoms. The van der Waals surface area contributed by atoms with Gasteiger partial charge in [-0.25, -0.2) is 4.79 Å². The number of amides is 1. The summed E-state index contributed by atoms with van der Waals surface area (Å²) < 4.78 is 5.11. The average molecular weight is 305 g/mol. The Bertz CT molecular complexity index is 541. The fourth-order valence-corrected chi connectivity index (χ4v) is 2.21. The third kappa shape index (κ3) is 5.60. The van der Waals surface area contributed by atoms with Crippen LogP contribution < -0.4 is 4.74 Å². The Morgan fingerprint density at radius 2 is 1.86 bits per heavy atom. The number of carboxylic acids is 1. The molecule has 0 aromatic heterocycles. The molecule has 1 aromatic rings. The van der Waals surface area contributed by atoms with Gasteiger partial charge in [0.1, 0.15) is 5.75 Å². The molecule has 1 N–H and O–H groups in total. The molecule has 0 bridgehead atoms. The van der Waals surface area contributed by atoms with Crippen molar-refractivity contribution in [1.82, 2.24) is 4.90 Å². The predicted octanol–water partition coefficient (Wildman–Crippen LogP) is 2.81. The summed E-state index contributed by atoms with van der Waals surface area (Å²) in [7, 11) is 0. The molecule has 0 saturated heterocycles. The number of hydrogen-bond acceptors (Lipinski definition) is 3. The Morgan fingerprint density at radius 1 is 1.23 bits per heavy atom. The maximum Gasteiger partial charge on any atom is 0.341 e. The van der Waals surface area contributed by atoms with Gasteiger partial charge in [-0.2, -0.15) is 0 Å². The summed E-state index contributed by atoms with van der Waals surface area (Å²) in [6.07, 6.45) is 3.23. The summed E-state index contributed by atoms with van der Waals surface area (Å²) in [5.74, 6) is -0.621. The topological polar surface area (TPSA) is 66.8 Å². The van der Waals surface area contributed by atoms with E-state index in [0.29, 0.717) is 5.75 Å². The second-order valence-corrected chi connectivity index (χ2v) is 5.52. The highest BCUT2D eigenvalue weighted by Crippen LogP contribution is 2.15. The molecule has 0 spiro atoms. The van der Waals surface area contributed by atoms with Gasteiger partial charge in [0.2, 0.25) is 5.91 Å². The molecule has 0 unspecified atom stereocenters. The Morgan fingerprint density at radius 3 is 2.41 bits per heavy atom. The van der Waals surface area contributed by atoms with E-state index in [0.717, 1.165) is 5.56 Å². The number of aliphatic carboxylic acids is 1. The number of nitrogens with zero attached hydrogens (tertiary/aromatic N) is 1. The van der Waals surface area contributed by atoms with E-state index < -0.39 is 5.97 Å². The lowest BCUT2D eigenvalue weighted by Gasteiger charge is -2.29. The molecule has 1 aromatic carbocycles. The standard InChI is InChI=1S/C17H23NO4/c1-12(2)18(13(3)4)16(19)9-8-14-6-5-7-15(10-14)22-11-17(20)21/h5-10,12-13H,11H2,1-4H3,(H,20,21)/b9-8+. The Hall–Kier alpha value is -2.30. The molecular formula is C17H23NO4. The van der Waals surface area contributed by atoms with Gasteiger partial charge >= 0.3 is 5.97 Å². The zero-order valence-corrected chi connectivity index (χ0v) is 13.4. The fourth-order valence-electron chi connectivity index (χ4n) is 2.21. The van der Waals surface area contributed by atoms with Crippen LogP contribution in [0.15, 0.2) is 30.3 Å². The highest BCUT2D eigenvalue weighted by molar-refractivity contribution is 5.92. The quantitative estimate of drug-likeness (QED) is 0.787. The van der Waals surface area contributed by atoms with E-state index in [1.165, 1.54) is 6.08 Å². The molecule has 0 saturated carbocycles. The molecule has 0 aliphatic carbocycles. The smallest absolute Gasteiger partial charge is 0.341 e. The average Bonchev–Trinajstić information content (AvgIpc) is 2.42. The molecule has 5 nitrogen and oxygen atoms in total. The van der Waals surface area contributed by atoms with Crippen molar-refractivity contribution in [3.8, 4) is 5.75 Å². The number of hydrogen-bond donors (Lipinski definition) is 1. The first-order chi connectivity index (χ1) is 10.3. The van der Waals surface area contributed by atoms with Crippen molar-refractivity contribution < 1.29 is 19.4 Å². The van der Waals surface area contributed by atoms with Crippen molar-refractivity contribution in [1.29, 1.82) is 0 Å². The van der Waals surface area contributed by atoms with Crippen molar-refractivity contribution in [3.63, 3.8) is 0 Å². The van der Waals surface area contributed by atoms with E-state index in [9.17, 15) is 9.59 Å². The lowest BCUT2D eigenvalue weighted by atomic mass is 10.1. The van der Waals surface area contributed by atoms with Crippen LogP contribution >= 0.6 is 0 Å². The Kier molecular flexibility index (Phi) is 6.63. The van der Waals surface area contributed by atoms with E-state index in [4.69, 9.17) is 9.84 Å². The summed E-state index contributed by atoms with van der Waals surface area (Å²) in [5, 5.41) is 8.60. The van der Waals surface area contributed by atoms with Crippen molar-refractivity contribution in [2.24, 2.45) is 0 Å². The highest BCUT2D eigenvalue weighted by atomic mass is 16.5. The number of benzene rings is 1. The van der Waals surface area contributed by atoms with Crippen LogP contribution in [0.4, 0.5) is 0 Å². The molecule has 0 aliphatic rings. The maximum absolute atomic E-state index is 12.2. The van der Waals surface area contributed by atoms with Gasteiger partial charge in [-0.15, -0.1) is 0 Å². The molecule has 0 fully saturated rings. The normalized spacial score (nSPS) is 11.2. The van der Waals surface area contributed by atoms with Crippen LogP contribution in [0.25, 0.3) is 6.08 Å². The molecule has 120 valence electrons. The van der Waals surface area contributed by atoms with E-state index in [2.05, 4.69) is 0 Å². The number of ether oxygens (including phenoxy) is 1. The van der Waals surface area contributed by atoms with Crippen LogP contribution in [0.3, 0.4) is 0 Å². The van der Waals surface area contributed by atoms with Crippen molar-refractivity contribution in [3.05, 3.63) is 35.9 Å². The number of carbonyl (C=O) groups excluding carboxylic acids is 1. The van der Waals surface area contributed by atoms with Crippen LogP contribution in [0.5, 0.6) is 5.75 Å². The number of carboxylic acid groups (broad SMARTS) is 1. The minimum Gasteiger partial charge on any atom is -0.482 e. The first-order valence-corrected chi connectivity index (χ1v) is 7.26. The van der Waals surface area contributed by atoms with Gasteiger partial charge < -0.3 is 14.7 Å². The van der Waals surface area contributed by atoms with Crippen LogP contribution in [-0.4, -0.2) is 40.6 Å². The van der Waals surface area contributed by atoms with Crippen molar-refractivity contribution >= 4 is 18.0 Å². The van der Waals surface area contributed by atoms with E-state index >= 15 is 0 Å². The van der Waals surface area contributed by atoms with E-state index in [1.807, 2.05) is 33.8 Å². The predicted molar refractivity (Wildman–Crippen MR) is 85.7 cm³/mol. The zero-order chi connectivity index (χ0) is 16.7. The molecule has 1 amide bonds. The fraction of sp³-hybridized carbons (Fsp3) is 0.412. The minimum absolute atomic E-state index is 0.0538. The number of rotatable bonds is 7. The van der Waals surface area contributed by atoms with E-state index in [-0.39, 0.29) is 24.6 Å². The van der Waals surface area contributed by atoms with Crippen molar-refractivity contribution in [2.45, 2.75) is 39.8 Å². The summed E-state index contributed by atoms with van der Waals surface area (Å²) in [6.45, 7) is 7.52. The van der Waals surface area contributed by atoms with Crippen molar-refractivity contribution in [2.75, 3.05) is 6.61 Å².